The van der Waals surface area contributed by atoms with Crippen LogP contribution in [0.5, 0.6) is 0 Å². The van der Waals surface area contributed by atoms with E-state index in [2.05, 4.69) is 115 Å². The Balaban J connectivity index is 0.000000169. The van der Waals surface area contributed by atoms with Crippen LogP contribution in [-0.4, -0.2) is 34.9 Å². The predicted molar refractivity (Wildman–Crippen MR) is 395 cm³/mol. The Morgan fingerprint density at radius 2 is 0.730 bits per heavy atom. The average Bonchev–Trinajstić information content (AvgIpc) is 1.61. The summed E-state index contributed by atoms with van der Waals surface area (Å²) in [5, 5.41) is 1.87. The molecule has 16 rings (SSSR count). The molecule has 0 aliphatic heterocycles. The summed E-state index contributed by atoms with van der Waals surface area (Å²) in [5.41, 5.74) is 19.2. The van der Waals surface area contributed by atoms with Crippen LogP contribution >= 0.6 is 0 Å². The first kappa shape index (κ1) is 59.6. The second-order valence-electron chi connectivity index (χ2n) is 21.7. The van der Waals surface area contributed by atoms with E-state index in [1.54, 1.807) is 66.7 Å². The van der Waals surface area contributed by atoms with Gasteiger partial charge >= 0.3 is 0 Å². The summed E-state index contributed by atoms with van der Waals surface area (Å²) >= 11 is 0. The smallest absolute Gasteiger partial charge is 0.216 e. The van der Waals surface area contributed by atoms with E-state index in [1.165, 1.54) is 52.6 Å². The number of aryl methyl sites for hydroxylation is 6. The van der Waals surface area contributed by atoms with Crippen molar-refractivity contribution in [2.24, 2.45) is 0 Å². The normalized spacial score (nSPS) is 12.3. The van der Waals surface area contributed by atoms with Gasteiger partial charge in [-0.1, -0.05) is 132 Å². The molecule has 8 aromatic carbocycles. The molecular weight excluding hydrogens is 1760 g/mol. The van der Waals surface area contributed by atoms with E-state index in [0.717, 1.165) is 72.8 Å². The van der Waals surface area contributed by atoms with E-state index < -0.39 is 27.4 Å². The summed E-state index contributed by atoms with van der Waals surface area (Å²) in [6, 6.07) is 105. The Kier molecular flexibility index (Phi) is 23.0. The Morgan fingerprint density at radius 1 is 0.320 bits per heavy atom. The second kappa shape index (κ2) is 38.6. The van der Waals surface area contributed by atoms with Crippen molar-refractivity contribution >= 4 is 22.1 Å². The van der Waals surface area contributed by atoms with E-state index in [4.69, 9.17) is 20.9 Å². The van der Waals surface area contributed by atoms with E-state index in [0.29, 0.717) is 22.6 Å². The molecule has 0 saturated heterocycles. The third kappa shape index (κ3) is 21.3. The van der Waals surface area contributed by atoms with Gasteiger partial charge in [0.2, 0.25) is 5.71 Å². The zero-order valence-electron chi connectivity index (χ0n) is 66.0. The molecule has 499 valence electrons. The number of pyridine rings is 7. The molecule has 0 unspecified atom stereocenters. The van der Waals surface area contributed by atoms with Gasteiger partial charge in [0.1, 0.15) is 0 Å². The van der Waals surface area contributed by atoms with Crippen molar-refractivity contribution in [3.8, 4) is 89.8 Å². The van der Waals surface area contributed by atoms with E-state index in [1.807, 2.05) is 189 Å². The van der Waals surface area contributed by atoms with Crippen molar-refractivity contribution in [2.45, 2.75) is 41.3 Å². The zero-order chi connectivity index (χ0) is 77.0. The number of rotatable bonds is 8. The molecule has 0 atom stereocenters. The van der Waals surface area contributed by atoms with E-state index in [9.17, 15) is 0 Å². The average molecular weight is 1840 g/mol. The van der Waals surface area contributed by atoms with Gasteiger partial charge in [-0.3, -0.25) is 0 Å². The van der Waals surface area contributed by atoms with Crippen LogP contribution < -0.4 is 0 Å². The van der Waals surface area contributed by atoms with Crippen molar-refractivity contribution in [3.05, 3.63) is 380 Å². The summed E-state index contributed by atoms with van der Waals surface area (Å²) in [6.07, 6.45) is 9.34. The fraction of sp³-hybridized carbons (Fsp3) is 0.0674. The molecule has 0 aliphatic carbocycles. The Morgan fingerprint density at radius 3 is 1.14 bits per heavy atom. The first-order chi connectivity index (χ1) is 52.4. The van der Waals surface area contributed by atoms with Gasteiger partial charge in [0.05, 0.1) is 5.58 Å². The van der Waals surface area contributed by atoms with Gasteiger partial charge in [-0.25, -0.2) is 4.98 Å². The number of aromatic nitrogens is 7. The molecule has 100 heavy (non-hydrogen) atoms. The fourth-order valence-electron chi connectivity index (χ4n) is 9.88. The molecule has 0 bridgehead atoms. The Bertz CT molecular complexity index is 5260. The molecule has 0 N–H and O–H groups in total. The Labute approximate surface area is 644 Å². The number of furan rings is 1. The SMILES string of the molecule is Cc1cc(-c2[c-]cccc2)ncc1-c1ccccc1.[2H]C([2H])([2H])c1ccc(-c2[c-]ccc3c2oc2nc(C)ccc23)nc1.[2H]C([2H])([2H])c1ccc(-c2[c-]cccc2)nc1.[2H]C([2H])([2H])c1ccc(-c2[c-]cccc2)nc1.[2H]C([2H])([2H])c1ccc(-c2[c-]cccc2)nc1.[Ir].[Ir].[Ir].[c-]1ccccc1-c1cc(-c2ccccc2)ccn1. The van der Waals surface area contributed by atoms with Gasteiger partial charge in [-0.05, 0) is 138 Å². The standard InChI is InChI=1S/C18H13N2O.C18H14N.C17H12N.3C12H10N.3Ir/c1-11-6-9-16(19-10-11)15-5-3-4-13-14-8-7-12(2)20-18(14)21-17(13)15;1-14-12-18(16-10-6-3-7-11-16)19-13-17(14)15-8-4-2-5-9-15;1-3-7-14(8-4-1)16-11-12-18-17(13-16)15-9-5-2-6-10-15;3*1-10-7-8-12(13-9-10)11-5-3-2-4-6-11;;;/h3-4,6-10H,1-2H3;2-10,12-13H,1H3;1-9,11-13H;3*2-5,7-9H,1H3;;;/q6*-1;;;/i1D3;;;3*1D3;;;. The van der Waals surface area contributed by atoms with Crippen LogP contribution in [0.1, 0.15) is 50.0 Å². The van der Waals surface area contributed by atoms with Crippen molar-refractivity contribution < 1.29 is 81.2 Å². The molecule has 0 fully saturated rings. The number of nitrogens with zero attached hydrogens (tertiary/aromatic N) is 7. The summed E-state index contributed by atoms with van der Waals surface area (Å²) < 4.78 is 93.3. The molecule has 11 heteroatoms. The minimum absolute atomic E-state index is 0. The second-order valence-corrected chi connectivity index (χ2v) is 21.7. The molecule has 3 radical (unpaired) electrons. The molecule has 8 heterocycles. The summed E-state index contributed by atoms with van der Waals surface area (Å²) in [6.45, 7) is -4.41. The summed E-state index contributed by atoms with van der Waals surface area (Å²) in [7, 11) is 0. The fourth-order valence-corrected chi connectivity index (χ4v) is 9.88. The zero-order valence-corrected chi connectivity index (χ0v) is 61.2. The number of benzene rings is 8. The largest absolute Gasteiger partial charge is 0.486 e. The molecule has 8 nitrogen and oxygen atoms in total. The molecule has 16 aromatic rings. The molecule has 8 aromatic heterocycles. The maximum Gasteiger partial charge on any atom is 0.216 e. The van der Waals surface area contributed by atoms with Gasteiger partial charge < -0.3 is 34.3 Å². The summed E-state index contributed by atoms with van der Waals surface area (Å²) in [4.78, 5) is 30.0. The molecule has 0 spiro atoms. The van der Waals surface area contributed by atoms with Crippen LogP contribution in [0.15, 0.2) is 315 Å². The van der Waals surface area contributed by atoms with Crippen molar-refractivity contribution in [2.75, 3.05) is 0 Å². The molecular formula is C89H69Ir3N7O-6. The summed E-state index contributed by atoms with van der Waals surface area (Å²) in [5.74, 6) is 0. The van der Waals surface area contributed by atoms with Crippen LogP contribution in [0.3, 0.4) is 0 Å². The van der Waals surface area contributed by atoms with Crippen LogP contribution in [0.25, 0.3) is 112 Å². The van der Waals surface area contributed by atoms with Gasteiger partial charge in [0.15, 0.2) is 0 Å². The van der Waals surface area contributed by atoms with Gasteiger partial charge in [0, 0.05) is 131 Å². The van der Waals surface area contributed by atoms with Crippen LogP contribution in [-0.2, 0) is 60.3 Å². The van der Waals surface area contributed by atoms with Gasteiger partial charge in [0.25, 0.3) is 0 Å². The number of hydrogen-bond acceptors (Lipinski definition) is 8. The van der Waals surface area contributed by atoms with E-state index in [-0.39, 0.29) is 82.6 Å². The van der Waals surface area contributed by atoms with Crippen LogP contribution in [0, 0.1) is 77.7 Å². The van der Waals surface area contributed by atoms with Gasteiger partial charge in [-0.2, -0.15) is 0 Å². The maximum absolute atomic E-state index is 7.43. The number of fused-ring (bicyclic) bond motifs is 3. The minimum Gasteiger partial charge on any atom is -0.486 e. The van der Waals surface area contributed by atoms with Crippen molar-refractivity contribution in [3.63, 3.8) is 0 Å². The topological polar surface area (TPSA) is 103 Å². The molecule has 0 aliphatic rings. The predicted octanol–water partition coefficient (Wildman–Crippen LogP) is 21.8. The first-order valence-corrected chi connectivity index (χ1v) is 30.9. The third-order valence-corrected chi connectivity index (χ3v) is 14.7. The van der Waals surface area contributed by atoms with Crippen LogP contribution in [0.4, 0.5) is 0 Å². The first-order valence-electron chi connectivity index (χ1n) is 36.9. The van der Waals surface area contributed by atoms with Gasteiger partial charge in [-0.15, -0.1) is 198 Å². The maximum atomic E-state index is 7.43. The van der Waals surface area contributed by atoms with E-state index >= 15 is 0 Å². The third-order valence-electron chi connectivity index (χ3n) is 14.7. The van der Waals surface area contributed by atoms with Crippen molar-refractivity contribution in [1.29, 1.82) is 0 Å². The minimum atomic E-state index is -2.16. The molecule has 0 amide bonds. The monoisotopic (exact) mass is 1840 g/mol. The quantitative estimate of drug-likeness (QED) is 0.139. The Hall–Kier alpha value is -10.4. The van der Waals surface area contributed by atoms with Crippen LogP contribution in [0.2, 0.25) is 0 Å². The van der Waals surface area contributed by atoms with Crippen molar-refractivity contribution in [1.82, 2.24) is 34.9 Å². The molecule has 0 saturated carbocycles. The number of hydrogen-bond donors (Lipinski definition) is 0.